The van der Waals surface area contributed by atoms with Crippen LogP contribution in [-0.4, -0.2) is 17.0 Å². The van der Waals surface area contributed by atoms with E-state index in [1.54, 1.807) is 19.9 Å². The number of benzene rings is 1. The quantitative estimate of drug-likeness (QED) is 0.846. The zero-order valence-electron chi connectivity index (χ0n) is 11.5. The van der Waals surface area contributed by atoms with Gasteiger partial charge >= 0.3 is 11.8 Å². The summed E-state index contributed by atoms with van der Waals surface area (Å²) >= 11 is 0. The van der Waals surface area contributed by atoms with Gasteiger partial charge in [-0.15, -0.1) is 0 Å². The molecule has 2 rings (SSSR count). The van der Waals surface area contributed by atoms with Crippen molar-refractivity contribution in [2.45, 2.75) is 19.9 Å². The fraction of sp³-hybridized carbons (Fsp3) is 0.214. The molecule has 1 heterocycles. The molecule has 21 heavy (non-hydrogen) atoms. The molecule has 2 amide bonds. The van der Waals surface area contributed by atoms with Gasteiger partial charge in [-0.25, -0.2) is 4.39 Å². The first-order valence-electron chi connectivity index (χ1n) is 6.26. The number of hydrogen-bond donors (Lipinski definition) is 2. The highest BCUT2D eigenvalue weighted by Gasteiger charge is 2.18. The van der Waals surface area contributed by atoms with E-state index in [-0.39, 0.29) is 5.82 Å². The summed E-state index contributed by atoms with van der Waals surface area (Å²) in [4.78, 5) is 23.4. The minimum Gasteiger partial charge on any atom is -0.360 e. The normalized spacial score (nSPS) is 11.8. The molecule has 0 aliphatic rings. The Hall–Kier alpha value is -2.70. The number of aryl methyl sites for hydroxylation is 1. The molecule has 1 aromatic heterocycles. The molecule has 2 N–H and O–H groups in total. The average Bonchev–Trinajstić information content (AvgIpc) is 2.84. The molecule has 2 aromatic rings. The van der Waals surface area contributed by atoms with Crippen molar-refractivity contribution in [3.05, 3.63) is 47.5 Å². The maximum atomic E-state index is 13.1. The van der Waals surface area contributed by atoms with Gasteiger partial charge in [-0.05, 0) is 31.5 Å². The minimum atomic E-state index is -0.869. The second-order valence-electron chi connectivity index (χ2n) is 4.53. The van der Waals surface area contributed by atoms with Crippen molar-refractivity contribution >= 4 is 17.6 Å². The molecule has 7 heteroatoms. The number of nitrogens with zero attached hydrogens (tertiary/aromatic N) is 1. The number of hydrogen-bond acceptors (Lipinski definition) is 4. The Morgan fingerprint density at radius 2 is 2.05 bits per heavy atom. The summed E-state index contributed by atoms with van der Waals surface area (Å²) < 4.78 is 17.9. The maximum Gasteiger partial charge on any atom is 0.314 e. The standard InChI is InChI=1S/C14H14FN3O3/c1-8-6-12(18-21-8)17-14(20)13(19)16-9(2)10-4-3-5-11(15)7-10/h3-7,9H,1-2H3,(H,16,19)(H,17,18,20)/t9-/m0/s1. The second kappa shape index (κ2) is 6.17. The first kappa shape index (κ1) is 14.7. The van der Waals surface area contributed by atoms with Crippen molar-refractivity contribution in [1.29, 1.82) is 0 Å². The molecule has 0 fully saturated rings. The first-order valence-corrected chi connectivity index (χ1v) is 6.26. The first-order chi connectivity index (χ1) is 9.95. The third-order valence-corrected chi connectivity index (χ3v) is 2.77. The van der Waals surface area contributed by atoms with E-state index in [1.807, 2.05) is 0 Å². The van der Waals surface area contributed by atoms with Gasteiger partial charge in [-0.3, -0.25) is 14.9 Å². The summed E-state index contributed by atoms with van der Waals surface area (Å²) in [6.45, 7) is 3.31. The average molecular weight is 291 g/mol. The molecule has 6 nitrogen and oxygen atoms in total. The lowest BCUT2D eigenvalue weighted by Crippen LogP contribution is -2.37. The summed E-state index contributed by atoms with van der Waals surface area (Å²) in [5.74, 6) is -1.44. The number of carbonyl (C=O) groups is 2. The topological polar surface area (TPSA) is 84.2 Å². The van der Waals surface area contributed by atoms with Crippen molar-refractivity contribution in [3.63, 3.8) is 0 Å². The number of anilines is 1. The molecule has 0 bridgehead atoms. The molecule has 0 radical (unpaired) electrons. The van der Waals surface area contributed by atoms with Crippen molar-refractivity contribution in [3.8, 4) is 0 Å². The summed E-state index contributed by atoms with van der Waals surface area (Å²) in [6.07, 6.45) is 0. The molecule has 0 aliphatic heterocycles. The van der Waals surface area contributed by atoms with Crippen LogP contribution < -0.4 is 10.6 Å². The summed E-state index contributed by atoms with van der Waals surface area (Å²) in [6, 6.07) is 6.78. The number of halogens is 1. The van der Waals surface area contributed by atoms with Gasteiger partial charge in [0, 0.05) is 6.07 Å². The Bertz CT molecular complexity index is 669. The molecular weight excluding hydrogens is 277 g/mol. The largest absolute Gasteiger partial charge is 0.360 e. The van der Waals surface area contributed by atoms with Crippen LogP contribution in [0.4, 0.5) is 10.2 Å². The Morgan fingerprint density at radius 3 is 2.67 bits per heavy atom. The molecule has 0 saturated heterocycles. The highest BCUT2D eigenvalue weighted by atomic mass is 19.1. The summed E-state index contributed by atoms with van der Waals surface area (Å²) in [7, 11) is 0. The number of amides is 2. The molecule has 0 saturated carbocycles. The van der Waals surface area contributed by atoms with Crippen molar-refractivity contribution < 1.29 is 18.5 Å². The lowest BCUT2D eigenvalue weighted by Gasteiger charge is -2.13. The van der Waals surface area contributed by atoms with Gasteiger partial charge in [0.15, 0.2) is 5.82 Å². The SMILES string of the molecule is Cc1cc(NC(=O)C(=O)N[C@@H](C)c2cccc(F)c2)no1. The van der Waals surface area contributed by atoms with E-state index < -0.39 is 23.7 Å². The van der Waals surface area contributed by atoms with E-state index >= 15 is 0 Å². The van der Waals surface area contributed by atoms with Crippen LogP contribution in [0.25, 0.3) is 0 Å². The number of aromatic nitrogens is 1. The molecule has 0 unspecified atom stereocenters. The zero-order valence-corrected chi connectivity index (χ0v) is 11.5. The van der Waals surface area contributed by atoms with Crippen LogP contribution in [0.2, 0.25) is 0 Å². The van der Waals surface area contributed by atoms with Gasteiger partial charge in [0.1, 0.15) is 11.6 Å². The van der Waals surface area contributed by atoms with Gasteiger partial charge < -0.3 is 9.84 Å². The molecule has 0 spiro atoms. The summed E-state index contributed by atoms with van der Waals surface area (Å²) in [5, 5.41) is 8.33. The molecule has 110 valence electrons. The van der Waals surface area contributed by atoms with E-state index in [0.717, 1.165) is 0 Å². The van der Waals surface area contributed by atoms with Gasteiger partial charge in [-0.2, -0.15) is 0 Å². The zero-order chi connectivity index (χ0) is 15.4. The predicted octanol–water partition coefficient (Wildman–Crippen LogP) is 1.94. The number of carbonyl (C=O) groups excluding carboxylic acids is 2. The fourth-order valence-corrected chi connectivity index (χ4v) is 1.72. The third-order valence-electron chi connectivity index (χ3n) is 2.77. The Labute approximate surface area is 120 Å². The lowest BCUT2D eigenvalue weighted by molar-refractivity contribution is -0.136. The minimum absolute atomic E-state index is 0.158. The van der Waals surface area contributed by atoms with Gasteiger partial charge in [0.2, 0.25) is 0 Å². The lowest BCUT2D eigenvalue weighted by atomic mass is 10.1. The van der Waals surface area contributed by atoms with Crippen molar-refractivity contribution in [2.75, 3.05) is 5.32 Å². The monoisotopic (exact) mass is 291 g/mol. The van der Waals surface area contributed by atoms with E-state index in [9.17, 15) is 14.0 Å². The van der Waals surface area contributed by atoms with E-state index in [4.69, 9.17) is 4.52 Å². The third kappa shape index (κ3) is 3.88. The molecule has 0 aliphatic carbocycles. The Balaban J connectivity index is 1.95. The van der Waals surface area contributed by atoms with E-state index in [1.165, 1.54) is 24.3 Å². The van der Waals surface area contributed by atoms with E-state index in [0.29, 0.717) is 11.3 Å². The second-order valence-corrected chi connectivity index (χ2v) is 4.53. The Morgan fingerprint density at radius 1 is 1.29 bits per heavy atom. The van der Waals surface area contributed by atoms with Crippen LogP contribution in [-0.2, 0) is 9.59 Å². The van der Waals surface area contributed by atoms with E-state index in [2.05, 4.69) is 15.8 Å². The van der Waals surface area contributed by atoms with Crippen LogP contribution in [0.15, 0.2) is 34.9 Å². The molecule has 1 aromatic carbocycles. The summed E-state index contributed by atoms with van der Waals surface area (Å²) in [5.41, 5.74) is 0.563. The van der Waals surface area contributed by atoms with Crippen LogP contribution in [0, 0.1) is 12.7 Å². The van der Waals surface area contributed by atoms with Gasteiger partial charge in [0.05, 0.1) is 6.04 Å². The maximum absolute atomic E-state index is 13.1. The fourth-order valence-electron chi connectivity index (χ4n) is 1.72. The van der Waals surface area contributed by atoms with Gasteiger partial charge in [0.25, 0.3) is 0 Å². The molecular formula is C14H14FN3O3. The van der Waals surface area contributed by atoms with Crippen LogP contribution in [0.1, 0.15) is 24.3 Å². The smallest absolute Gasteiger partial charge is 0.314 e. The van der Waals surface area contributed by atoms with Crippen LogP contribution in [0.3, 0.4) is 0 Å². The van der Waals surface area contributed by atoms with Crippen LogP contribution >= 0.6 is 0 Å². The number of rotatable bonds is 3. The van der Waals surface area contributed by atoms with Crippen molar-refractivity contribution in [1.82, 2.24) is 10.5 Å². The molecule has 1 atom stereocenters. The highest BCUT2D eigenvalue weighted by Crippen LogP contribution is 2.13. The van der Waals surface area contributed by atoms with Gasteiger partial charge in [-0.1, -0.05) is 17.3 Å². The van der Waals surface area contributed by atoms with Crippen molar-refractivity contribution in [2.24, 2.45) is 0 Å². The number of nitrogens with one attached hydrogen (secondary N) is 2. The Kier molecular flexibility index (Phi) is 4.32. The predicted molar refractivity (Wildman–Crippen MR) is 72.8 cm³/mol. The highest BCUT2D eigenvalue weighted by molar-refractivity contribution is 6.39. The van der Waals surface area contributed by atoms with Crippen LogP contribution in [0.5, 0.6) is 0 Å².